The molecule has 0 aromatic heterocycles. The summed E-state index contributed by atoms with van der Waals surface area (Å²) >= 11 is 1.93. The maximum Gasteiger partial charge on any atom is 0.121 e. The molecule has 3 heteroatoms. The molecule has 0 bridgehead atoms. The molecule has 0 heterocycles. The highest BCUT2D eigenvalue weighted by molar-refractivity contribution is 7.99. The highest BCUT2D eigenvalue weighted by Gasteiger charge is 1.96. The Morgan fingerprint density at radius 3 is 2.87 bits per heavy atom. The van der Waals surface area contributed by atoms with Gasteiger partial charge in [-0.15, -0.1) is 0 Å². The van der Waals surface area contributed by atoms with Crippen LogP contribution in [0, 0.1) is 5.92 Å². The highest BCUT2D eigenvalue weighted by atomic mass is 32.2. The Balaban J connectivity index is 2.15. The number of nitrogen functional groups attached to an aromatic ring is 1. The average molecular weight is 225 g/mol. The number of rotatable bonds is 6. The number of benzene rings is 1. The largest absolute Gasteiger partial charge is 0.493 e. The molecule has 0 aliphatic rings. The van der Waals surface area contributed by atoms with Crippen LogP contribution in [-0.2, 0) is 0 Å². The van der Waals surface area contributed by atoms with Crippen molar-refractivity contribution in [2.45, 2.75) is 13.8 Å². The molecule has 0 spiro atoms. The Bertz CT molecular complexity index is 289. The molecule has 2 nitrogen and oxygen atoms in total. The van der Waals surface area contributed by atoms with Gasteiger partial charge >= 0.3 is 0 Å². The van der Waals surface area contributed by atoms with Crippen molar-refractivity contribution in [3.63, 3.8) is 0 Å². The predicted molar refractivity (Wildman–Crippen MR) is 68.5 cm³/mol. The maximum absolute atomic E-state index is 5.64. The first-order valence-electron chi connectivity index (χ1n) is 5.24. The van der Waals surface area contributed by atoms with E-state index in [1.165, 1.54) is 5.75 Å². The molecular formula is C12H19NOS. The van der Waals surface area contributed by atoms with Gasteiger partial charge < -0.3 is 10.5 Å². The molecule has 1 aromatic rings. The number of anilines is 1. The van der Waals surface area contributed by atoms with Crippen molar-refractivity contribution in [3.8, 4) is 5.75 Å². The van der Waals surface area contributed by atoms with Crippen molar-refractivity contribution in [3.05, 3.63) is 24.3 Å². The zero-order valence-corrected chi connectivity index (χ0v) is 10.2. The van der Waals surface area contributed by atoms with E-state index in [1.54, 1.807) is 0 Å². The van der Waals surface area contributed by atoms with Crippen molar-refractivity contribution in [2.24, 2.45) is 5.92 Å². The fourth-order valence-electron chi connectivity index (χ4n) is 1.14. The predicted octanol–water partition coefficient (Wildman–Crippen LogP) is 3.04. The monoisotopic (exact) mass is 225 g/mol. The summed E-state index contributed by atoms with van der Waals surface area (Å²) < 4.78 is 5.57. The van der Waals surface area contributed by atoms with Crippen LogP contribution >= 0.6 is 11.8 Å². The molecule has 1 aromatic carbocycles. The molecule has 15 heavy (non-hydrogen) atoms. The lowest BCUT2D eigenvalue weighted by molar-refractivity contribution is 0.344. The van der Waals surface area contributed by atoms with Gasteiger partial charge in [0.25, 0.3) is 0 Å². The second-order valence-corrected chi connectivity index (χ2v) is 5.04. The second kappa shape index (κ2) is 6.62. The molecule has 0 fully saturated rings. The third kappa shape index (κ3) is 5.57. The maximum atomic E-state index is 5.64. The molecule has 0 saturated carbocycles. The molecule has 0 amide bonds. The number of hydrogen-bond acceptors (Lipinski definition) is 3. The molecule has 0 aliphatic heterocycles. The average Bonchev–Trinajstić information content (AvgIpc) is 2.17. The Labute approximate surface area is 96.2 Å². The Morgan fingerprint density at radius 2 is 2.20 bits per heavy atom. The molecule has 84 valence electrons. The van der Waals surface area contributed by atoms with Crippen LogP contribution in [0.25, 0.3) is 0 Å². The molecule has 0 unspecified atom stereocenters. The van der Waals surface area contributed by atoms with E-state index in [9.17, 15) is 0 Å². The smallest absolute Gasteiger partial charge is 0.121 e. The van der Waals surface area contributed by atoms with Crippen molar-refractivity contribution in [1.82, 2.24) is 0 Å². The van der Waals surface area contributed by atoms with Gasteiger partial charge in [0, 0.05) is 17.5 Å². The SMILES string of the molecule is CC(C)CSCCOc1cccc(N)c1. The topological polar surface area (TPSA) is 35.2 Å². The number of nitrogens with two attached hydrogens (primary N) is 1. The summed E-state index contributed by atoms with van der Waals surface area (Å²) in [7, 11) is 0. The summed E-state index contributed by atoms with van der Waals surface area (Å²) in [5.74, 6) is 3.84. The molecule has 0 radical (unpaired) electrons. The first-order chi connectivity index (χ1) is 7.18. The quantitative estimate of drug-likeness (QED) is 0.597. The van der Waals surface area contributed by atoms with Crippen molar-refractivity contribution < 1.29 is 4.74 Å². The Hall–Kier alpha value is -0.830. The van der Waals surface area contributed by atoms with Gasteiger partial charge in [-0.3, -0.25) is 0 Å². The lowest BCUT2D eigenvalue weighted by Crippen LogP contribution is -2.02. The summed E-state index contributed by atoms with van der Waals surface area (Å²) in [6.07, 6.45) is 0. The molecule has 0 aliphatic carbocycles. The zero-order valence-electron chi connectivity index (χ0n) is 9.40. The Kier molecular flexibility index (Phi) is 5.40. The third-order valence-electron chi connectivity index (χ3n) is 1.81. The fraction of sp³-hybridized carbons (Fsp3) is 0.500. The molecule has 0 saturated heterocycles. The van der Waals surface area contributed by atoms with E-state index in [0.29, 0.717) is 0 Å². The highest BCUT2D eigenvalue weighted by Crippen LogP contribution is 2.15. The minimum Gasteiger partial charge on any atom is -0.493 e. The summed E-state index contributed by atoms with van der Waals surface area (Å²) in [5, 5.41) is 0. The minimum atomic E-state index is 0.751. The van der Waals surface area contributed by atoms with Gasteiger partial charge in [-0.1, -0.05) is 19.9 Å². The third-order valence-corrected chi connectivity index (χ3v) is 3.16. The fourth-order valence-corrected chi connectivity index (χ4v) is 1.98. The van der Waals surface area contributed by atoms with Crippen LogP contribution < -0.4 is 10.5 Å². The van der Waals surface area contributed by atoms with Gasteiger partial charge in [-0.05, 0) is 23.8 Å². The normalized spacial score (nSPS) is 10.6. The van der Waals surface area contributed by atoms with Gasteiger partial charge in [0.1, 0.15) is 5.75 Å². The summed E-state index contributed by atoms with van der Waals surface area (Å²) in [5.41, 5.74) is 6.40. The number of ether oxygens (including phenoxy) is 1. The molecule has 2 N–H and O–H groups in total. The zero-order chi connectivity index (χ0) is 11.1. The molecular weight excluding hydrogens is 206 g/mol. The standard InChI is InChI=1S/C12H19NOS/c1-10(2)9-15-7-6-14-12-5-3-4-11(13)8-12/h3-5,8,10H,6-7,9,13H2,1-2H3. The minimum absolute atomic E-state index is 0.751. The van der Waals surface area contributed by atoms with E-state index in [4.69, 9.17) is 10.5 Å². The van der Waals surface area contributed by atoms with Crippen molar-refractivity contribution in [2.75, 3.05) is 23.8 Å². The van der Waals surface area contributed by atoms with Gasteiger partial charge in [0.15, 0.2) is 0 Å². The first kappa shape index (κ1) is 12.2. The van der Waals surface area contributed by atoms with Crippen LogP contribution in [-0.4, -0.2) is 18.1 Å². The second-order valence-electron chi connectivity index (χ2n) is 3.89. The van der Waals surface area contributed by atoms with E-state index in [0.717, 1.165) is 29.7 Å². The molecule has 0 atom stereocenters. The summed E-state index contributed by atoms with van der Waals surface area (Å²) in [6.45, 7) is 5.21. The van der Waals surface area contributed by atoms with E-state index in [2.05, 4.69) is 13.8 Å². The van der Waals surface area contributed by atoms with E-state index < -0.39 is 0 Å². The van der Waals surface area contributed by atoms with Gasteiger partial charge in [-0.25, -0.2) is 0 Å². The van der Waals surface area contributed by atoms with Crippen molar-refractivity contribution >= 4 is 17.4 Å². The van der Waals surface area contributed by atoms with Crippen LogP contribution in [0.1, 0.15) is 13.8 Å². The lowest BCUT2D eigenvalue weighted by atomic mass is 10.3. The number of hydrogen-bond donors (Lipinski definition) is 1. The molecule has 1 rings (SSSR count). The van der Waals surface area contributed by atoms with Crippen LogP contribution in [0.5, 0.6) is 5.75 Å². The van der Waals surface area contributed by atoms with Crippen LogP contribution in [0.2, 0.25) is 0 Å². The van der Waals surface area contributed by atoms with Crippen molar-refractivity contribution in [1.29, 1.82) is 0 Å². The van der Waals surface area contributed by atoms with E-state index in [-0.39, 0.29) is 0 Å². The van der Waals surface area contributed by atoms with Gasteiger partial charge in [0.2, 0.25) is 0 Å². The van der Waals surface area contributed by atoms with E-state index in [1.807, 2.05) is 36.0 Å². The Morgan fingerprint density at radius 1 is 1.40 bits per heavy atom. The van der Waals surface area contributed by atoms with Crippen LogP contribution in [0.4, 0.5) is 5.69 Å². The van der Waals surface area contributed by atoms with Crippen LogP contribution in [0.15, 0.2) is 24.3 Å². The van der Waals surface area contributed by atoms with E-state index >= 15 is 0 Å². The van der Waals surface area contributed by atoms with Gasteiger partial charge in [0.05, 0.1) is 6.61 Å². The number of thioether (sulfide) groups is 1. The lowest BCUT2D eigenvalue weighted by Gasteiger charge is -2.07. The summed E-state index contributed by atoms with van der Waals surface area (Å²) in [6, 6.07) is 7.56. The first-order valence-corrected chi connectivity index (χ1v) is 6.40. The van der Waals surface area contributed by atoms with Crippen LogP contribution in [0.3, 0.4) is 0 Å². The van der Waals surface area contributed by atoms with Gasteiger partial charge in [-0.2, -0.15) is 11.8 Å². The summed E-state index contributed by atoms with van der Waals surface area (Å²) in [4.78, 5) is 0.